The van der Waals surface area contributed by atoms with Gasteiger partial charge >= 0.3 is 0 Å². The number of benzene rings is 1. The molecule has 1 aromatic rings. The molecule has 0 amide bonds. The van der Waals surface area contributed by atoms with Gasteiger partial charge in [-0.15, -0.1) is 0 Å². The highest BCUT2D eigenvalue weighted by Crippen LogP contribution is 2.27. The van der Waals surface area contributed by atoms with E-state index in [1.54, 1.807) is 0 Å². The van der Waals surface area contributed by atoms with Crippen LogP contribution in [-0.4, -0.2) is 6.54 Å². The Labute approximate surface area is 107 Å². The van der Waals surface area contributed by atoms with E-state index in [1.807, 2.05) is 24.3 Å². The van der Waals surface area contributed by atoms with Crippen molar-refractivity contribution in [1.82, 2.24) is 5.32 Å². The first-order chi connectivity index (χ1) is 8.33. The van der Waals surface area contributed by atoms with Gasteiger partial charge in [0.05, 0.1) is 5.57 Å². The average Bonchev–Trinajstić information content (AvgIpc) is 2.62. The van der Waals surface area contributed by atoms with Gasteiger partial charge in [-0.25, -0.2) is 0 Å². The van der Waals surface area contributed by atoms with Gasteiger partial charge in [-0.2, -0.15) is 5.26 Å². The Morgan fingerprint density at radius 3 is 2.82 bits per heavy atom. The molecule has 0 radical (unpaired) electrons. The lowest BCUT2D eigenvalue weighted by Gasteiger charge is -2.11. The fraction of sp³-hybridized carbons (Fsp3) is 0.357. The van der Waals surface area contributed by atoms with Crippen LogP contribution in [0.15, 0.2) is 30.0 Å². The predicted molar refractivity (Wildman–Crippen MR) is 70.5 cm³/mol. The molecule has 0 saturated carbocycles. The summed E-state index contributed by atoms with van der Waals surface area (Å²) < 4.78 is 0. The lowest BCUT2D eigenvalue weighted by atomic mass is 10.0. The van der Waals surface area contributed by atoms with Crippen molar-refractivity contribution in [2.24, 2.45) is 0 Å². The summed E-state index contributed by atoms with van der Waals surface area (Å²) in [5.41, 5.74) is 2.57. The number of nitrogens with one attached hydrogen (secondary N) is 1. The molecule has 17 heavy (non-hydrogen) atoms. The SMILES string of the molecule is N#CC(=C1CCCCCN1)c1ccccc1Cl. The third-order valence-electron chi connectivity index (χ3n) is 3.00. The first kappa shape index (κ1) is 12.0. The second kappa shape index (κ2) is 5.75. The minimum Gasteiger partial charge on any atom is -0.387 e. The molecule has 88 valence electrons. The Hall–Kier alpha value is -1.46. The van der Waals surface area contributed by atoms with Gasteiger partial charge < -0.3 is 5.32 Å². The summed E-state index contributed by atoms with van der Waals surface area (Å²) in [6.07, 6.45) is 4.47. The zero-order valence-electron chi connectivity index (χ0n) is 9.67. The molecule has 2 nitrogen and oxygen atoms in total. The highest BCUT2D eigenvalue weighted by Gasteiger charge is 2.13. The maximum atomic E-state index is 9.34. The molecule has 0 bridgehead atoms. The van der Waals surface area contributed by atoms with Gasteiger partial charge in [0.1, 0.15) is 6.07 Å². The second-order valence-electron chi connectivity index (χ2n) is 4.18. The molecule has 1 heterocycles. The molecule has 0 unspecified atom stereocenters. The number of halogens is 1. The Bertz CT molecular complexity index is 461. The first-order valence-electron chi connectivity index (χ1n) is 5.95. The molecule has 1 aromatic carbocycles. The lowest BCUT2D eigenvalue weighted by Crippen LogP contribution is -2.13. The molecule has 2 rings (SSSR count). The van der Waals surface area contributed by atoms with Crippen LogP contribution < -0.4 is 5.32 Å². The Morgan fingerprint density at radius 1 is 1.24 bits per heavy atom. The highest BCUT2D eigenvalue weighted by molar-refractivity contribution is 6.32. The number of allylic oxidation sites excluding steroid dienone is 2. The van der Waals surface area contributed by atoms with Crippen LogP contribution in [0.25, 0.3) is 5.57 Å². The van der Waals surface area contributed by atoms with Gasteiger partial charge in [0.15, 0.2) is 0 Å². The van der Waals surface area contributed by atoms with E-state index in [2.05, 4.69) is 11.4 Å². The smallest absolute Gasteiger partial charge is 0.102 e. The Kier molecular flexibility index (Phi) is 4.06. The van der Waals surface area contributed by atoms with Crippen molar-refractivity contribution >= 4 is 17.2 Å². The summed E-state index contributed by atoms with van der Waals surface area (Å²) in [4.78, 5) is 0. The van der Waals surface area contributed by atoms with Crippen LogP contribution in [0.4, 0.5) is 0 Å². The van der Waals surface area contributed by atoms with E-state index in [9.17, 15) is 5.26 Å². The monoisotopic (exact) mass is 246 g/mol. The van der Waals surface area contributed by atoms with Gasteiger partial charge in [0.25, 0.3) is 0 Å². The zero-order chi connectivity index (χ0) is 12.1. The zero-order valence-corrected chi connectivity index (χ0v) is 10.4. The Morgan fingerprint density at radius 2 is 2.06 bits per heavy atom. The van der Waals surface area contributed by atoms with E-state index in [-0.39, 0.29) is 0 Å². The van der Waals surface area contributed by atoms with E-state index < -0.39 is 0 Å². The largest absolute Gasteiger partial charge is 0.387 e. The number of nitrogens with zero attached hydrogens (tertiary/aromatic N) is 1. The van der Waals surface area contributed by atoms with Crippen LogP contribution in [0, 0.1) is 11.3 Å². The first-order valence-corrected chi connectivity index (χ1v) is 6.33. The molecular formula is C14H15ClN2. The fourth-order valence-electron chi connectivity index (χ4n) is 2.10. The number of rotatable bonds is 1. The average molecular weight is 247 g/mol. The summed E-state index contributed by atoms with van der Waals surface area (Å²) in [7, 11) is 0. The summed E-state index contributed by atoms with van der Waals surface area (Å²) in [5.74, 6) is 0. The van der Waals surface area contributed by atoms with Gasteiger partial charge in [-0.3, -0.25) is 0 Å². The van der Waals surface area contributed by atoms with Gasteiger partial charge in [-0.1, -0.05) is 36.2 Å². The molecule has 0 atom stereocenters. The van der Waals surface area contributed by atoms with Crippen molar-refractivity contribution in [2.45, 2.75) is 25.7 Å². The molecule has 1 aliphatic heterocycles. The minimum atomic E-state index is 0.641. The minimum absolute atomic E-state index is 0.641. The molecule has 1 saturated heterocycles. The van der Waals surface area contributed by atoms with Crippen LogP contribution >= 0.6 is 11.6 Å². The third-order valence-corrected chi connectivity index (χ3v) is 3.33. The van der Waals surface area contributed by atoms with E-state index >= 15 is 0 Å². The summed E-state index contributed by atoms with van der Waals surface area (Å²) in [6, 6.07) is 9.81. The highest BCUT2D eigenvalue weighted by atomic mass is 35.5. The molecule has 1 fully saturated rings. The summed E-state index contributed by atoms with van der Waals surface area (Å²) >= 11 is 6.14. The van der Waals surface area contributed by atoms with Crippen LogP contribution in [0.3, 0.4) is 0 Å². The van der Waals surface area contributed by atoms with Crippen molar-refractivity contribution < 1.29 is 0 Å². The fourth-order valence-corrected chi connectivity index (χ4v) is 2.33. The van der Waals surface area contributed by atoms with Crippen molar-refractivity contribution in [3.8, 4) is 6.07 Å². The molecule has 1 N–H and O–H groups in total. The standard InChI is InChI=1S/C14H15ClN2/c15-13-7-4-3-6-11(13)12(10-16)14-8-2-1-5-9-17-14/h3-4,6-7,17H,1-2,5,8-9H2. The van der Waals surface area contributed by atoms with Gasteiger partial charge in [0, 0.05) is 22.8 Å². The second-order valence-corrected chi connectivity index (χ2v) is 4.59. The normalized spacial score (nSPS) is 18.8. The van der Waals surface area contributed by atoms with Crippen molar-refractivity contribution in [3.63, 3.8) is 0 Å². The maximum Gasteiger partial charge on any atom is 0.102 e. The molecular weight excluding hydrogens is 232 g/mol. The van der Waals surface area contributed by atoms with Crippen LogP contribution in [0.5, 0.6) is 0 Å². The summed E-state index contributed by atoms with van der Waals surface area (Å²) in [6.45, 7) is 0.949. The number of hydrogen-bond acceptors (Lipinski definition) is 2. The lowest BCUT2D eigenvalue weighted by molar-refractivity contribution is 0.721. The van der Waals surface area contributed by atoms with E-state index in [1.165, 1.54) is 12.8 Å². The Balaban J connectivity index is 2.42. The van der Waals surface area contributed by atoms with Crippen molar-refractivity contribution in [1.29, 1.82) is 5.26 Å². The summed E-state index contributed by atoms with van der Waals surface area (Å²) in [5, 5.41) is 13.3. The predicted octanol–water partition coefficient (Wildman–Crippen LogP) is 3.74. The van der Waals surface area contributed by atoms with Gasteiger partial charge in [0.2, 0.25) is 0 Å². The van der Waals surface area contributed by atoms with Crippen molar-refractivity contribution in [3.05, 3.63) is 40.5 Å². The van der Waals surface area contributed by atoms with Crippen LogP contribution in [0.1, 0.15) is 31.2 Å². The number of nitriles is 1. The topological polar surface area (TPSA) is 35.8 Å². The molecule has 3 heteroatoms. The maximum absolute atomic E-state index is 9.34. The van der Waals surface area contributed by atoms with Gasteiger partial charge in [-0.05, 0) is 25.3 Å². The van der Waals surface area contributed by atoms with E-state index in [0.717, 1.165) is 30.6 Å². The quantitative estimate of drug-likeness (QED) is 0.767. The molecule has 0 aromatic heterocycles. The van der Waals surface area contributed by atoms with E-state index in [4.69, 9.17) is 11.6 Å². The van der Waals surface area contributed by atoms with E-state index in [0.29, 0.717) is 10.6 Å². The third kappa shape index (κ3) is 2.81. The molecule has 0 aliphatic carbocycles. The van der Waals surface area contributed by atoms with Crippen LogP contribution in [0.2, 0.25) is 5.02 Å². The molecule has 0 spiro atoms. The van der Waals surface area contributed by atoms with Crippen LogP contribution in [-0.2, 0) is 0 Å². The molecule has 1 aliphatic rings. The number of hydrogen-bond donors (Lipinski definition) is 1. The van der Waals surface area contributed by atoms with Crippen molar-refractivity contribution in [2.75, 3.05) is 6.54 Å².